The van der Waals surface area contributed by atoms with Gasteiger partial charge < -0.3 is 5.32 Å². The molecule has 1 saturated heterocycles. The van der Waals surface area contributed by atoms with Gasteiger partial charge >= 0.3 is 0 Å². The Hall–Kier alpha value is -1.47. The van der Waals surface area contributed by atoms with Crippen LogP contribution in [0.4, 0.5) is 4.39 Å². The second-order valence-electron chi connectivity index (χ2n) is 6.47. The molecular formula is C15H21FN2O3S. The van der Waals surface area contributed by atoms with E-state index in [1.807, 2.05) is 20.8 Å². The summed E-state index contributed by atoms with van der Waals surface area (Å²) in [4.78, 5) is 12.3. The number of nitrogens with one attached hydrogen (secondary N) is 1. The van der Waals surface area contributed by atoms with Crippen molar-refractivity contribution >= 4 is 15.9 Å². The van der Waals surface area contributed by atoms with Gasteiger partial charge in [0, 0.05) is 12.1 Å². The molecule has 0 spiro atoms. The van der Waals surface area contributed by atoms with Gasteiger partial charge in [-0.3, -0.25) is 4.79 Å². The second kappa shape index (κ2) is 5.96. The predicted molar refractivity (Wildman–Crippen MR) is 81.2 cm³/mol. The zero-order chi connectivity index (χ0) is 16.5. The van der Waals surface area contributed by atoms with Gasteiger partial charge in [-0.2, -0.15) is 4.31 Å². The highest BCUT2D eigenvalue weighted by atomic mass is 32.2. The minimum atomic E-state index is -3.80. The van der Waals surface area contributed by atoms with Gasteiger partial charge in [-0.15, -0.1) is 0 Å². The Kier molecular flexibility index (Phi) is 4.58. The van der Waals surface area contributed by atoms with E-state index in [4.69, 9.17) is 0 Å². The fraction of sp³-hybridized carbons (Fsp3) is 0.533. The van der Waals surface area contributed by atoms with Gasteiger partial charge in [0.25, 0.3) is 0 Å². The van der Waals surface area contributed by atoms with Crippen molar-refractivity contribution in [1.29, 1.82) is 0 Å². The first-order valence-corrected chi connectivity index (χ1v) is 8.65. The lowest BCUT2D eigenvalue weighted by atomic mass is 10.1. The lowest BCUT2D eigenvalue weighted by Gasteiger charge is -2.27. The number of hydrogen-bond acceptors (Lipinski definition) is 3. The third-order valence-corrected chi connectivity index (χ3v) is 5.35. The third kappa shape index (κ3) is 3.64. The van der Waals surface area contributed by atoms with Crippen LogP contribution in [-0.2, 0) is 14.8 Å². The number of sulfonamides is 1. The maximum absolute atomic E-state index is 13.0. The third-order valence-electron chi connectivity index (χ3n) is 3.42. The van der Waals surface area contributed by atoms with Crippen molar-refractivity contribution in [2.45, 2.75) is 50.1 Å². The van der Waals surface area contributed by atoms with Crippen LogP contribution in [0, 0.1) is 5.82 Å². The summed E-state index contributed by atoms with van der Waals surface area (Å²) in [6, 6.07) is 3.94. The van der Waals surface area contributed by atoms with Gasteiger partial charge in [0.15, 0.2) is 0 Å². The lowest BCUT2D eigenvalue weighted by molar-refractivity contribution is -0.125. The quantitative estimate of drug-likeness (QED) is 0.921. The smallest absolute Gasteiger partial charge is 0.243 e. The summed E-state index contributed by atoms with van der Waals surface area (Å²) in [5, 5.41) is 2.82. The van der Waals surface area contributed by atoms with Crippen molar-refractivity contribution < 1.29 is 17.6 Å². The zero-order valence-electron chi connectivity index (χ0n) is 13.0. The van der Waals surface area contributed by atoms with Gasteiger partial charge in [-0.1, -0.05) is 0 Å². The molecular weight excluding hydrogens is 307 g/mol. The topological polar surface area (TPSA) is 66.5 Å². The molecule has 1 aromatic carbocycles. The van der Waals surface area contributed by atoms with E-state index in [2.05, 4.69) is 5.32 Å². The number of halogens is 1. The van der Waals surface area contributed by atoms with Crippen LogP contribution in [0.2, 0.25) is 0 Å². The van der Waals surface area contributed by atoms with Gasteiger partial charge in [0.2, 0.25) is 15.9 Å². The Bertz CT molecular complexity index is 650. The molecule has 2 rings (SSSR count). The molecule has 122 valence electrons. The Balaban J connectivity index is 2.26. The summed E-state index contributed by atoms with van der Waals surface area (Å²) >= 11 is 0. The fourth-order valence-electron chi connectivity index (χ4n) is 2.48. The molecule has 5 nitrogen and oxygen atoms in total. The Morgan fingerprint density at radius 3 is 2.41 bits per heavy atom. The van der Waals surface area contributed by atoms with Crippen LogP contribution < -0.4 is 5.32 Å². The fourth-order valence-corrected chi connectivity index (χ4v) is 4.14. The minimum absolute atomic E-state index is 0.00404. The molecule has 1 N–H and O–H groups in total. The molecule has 0 aliphatic carbocycles. The van der Waals surface area contributed by atoms with E-state index < -0.39 is 27.4 Å². The minimum Gasteiger partial charge on any atom is -0.350 e. The van der Waals surface area contributed by atoms with Gasteiger partial charge in [0.1, 0.15) is 11.9 Å². The van der Waals surface area contributed by atoms with Crippen molar-refractivity contribution in [3.05, 3.63) is 30.1 Å². The SMILES string of the molecule is CC(C)(C)NC(=O)[C@H]1CCCN1S(=O)(=O)c1ccc(F)cc1. The lowest BCUT2D eigenvalue weighted by Crippen LogP contribution is -2.51. The van der Waals surface area contributed by atoms with E-state index in [-0.39, 0.29) is 10.8 Å². The number of carbonyl (C=O) groups excluding carboxylic acids is 1. The van der Waals surface area contributed by atoms with Crippen molar-refractivity contribution in [2.24, 2.45) is 0 Å². The summed E-state index contributed by atoms with van der Waals surface area (Å²) in [5.74, 6) is -0.793. The first kappa shape index (κ1) is 16.9. The summed E-state index contributed by atoms with van der Waals surface area (Å²) < 4.78 is 39.5. The van der Waals surface area contributed by atoms with E-state index >= 15 is 0 Å². The van der Waals surface area contributed by atoms with Crippen LogP contribution in [0.25, 0.3) is 0 Å². The summed E-state index contributed by atoms with van der Waals surface area (Å²) in [5.41, 5.74) is -0.426. The van der Waals surface area contributed by atoms with E-state index in [0.717, 1.165) is 12.1 Å². The Morgan fingerprint density at radius 2 is 1.86 bits per heavy atom. The van der Waals surface area contributed by atoms with Crippen molar-refractivity contribution in [3.63, 3.8) is 0 Å². The van der Waals surface area contributed by atoms with E-state index in [9.17, 15) is 17.6 Å². The normalized spacial score (nSPS) is 20.1. The summed E-state index contributed by atoms with van der Waals surface area (Å²) in [6.07, 6.45) is 1.12. The highest BCUT2D eigenvalue weighted by molar-refractivity contribution is 7.89. The highest BCUT2D eigenvalue weighted by Gasteiger charge is 2.40. The summed E-state index contributed by atoms with van der Waals surface area (Å²) in [7, 11) is -3.80. The Labute approximate surface area is 130 Å². The molecule has 1 amide bonds. The molecule has 1 heterocycles. The van der Waals surface area contributed by atoms with Crippen molar-refractivity contribution in [1.82, 2.24) is 9.62 Å². The average molecular weight is 328 g/mol. The Morgan fingerprint density at radius 1 is 1.27 bits per heavy atom. The van der Waals surface area contributed by atoms with Crippen LogP contribution in [0.1, 0.15) is 33.6 Å². The van der Waals surface area contributed by atoms with Gasteiger partial charge in [-0.25, -0.2) is 12.8 Å². The number of nitrogens with zero attached hydrogens (tertiary/aromatic N) is 1. The van der Waals surface area contributed by atoms with Crippen LogP contribution in [-0.4, -0.2) is 36.8 Å². The average Bonchev–Trinajstić information content (AvgIpc) is 2.87. The van der Waals surface area contributed by atoms with Gasteiger partial charge in [-0.05, 0) is 57.9 Å². The van der Waals surface area contributed by atoms with E-state index in [1.165, 1.54) is 16.4 Å². The number of amides is 1. The maximum Gasteiger partial charge on any atom is 0.243 e. The zero-order valence-corrected chi connectivity index (χ0v) is 13.8. The largest absolute Gasteiger partial charge is 0.350 e. The standard InChI is InChI=1S/C15H21FN2O3S/c1-15(2,3)17-14(19)13-5-4-10-18(13)22(20,21)12-8-6-11(16)7-9-12/h6-9,13H,4-5,10H2,1-3H3,(H,17,19)/t13-/m1/s1. The maximum atomic E-state index is 13.0. The van der Waals surface area contributed by atoms with E-state index in [1.54, 1.807) is 0 Å². The highest BCUT2D eigenvalue weighted by Crippen LogP contribution is 2.26. The number of hydrogen-bond donors (Lipinski definition) is 1. The van der Waals surface area contributed by atoms with Gasteiger partial charge in [0.05, 0.1) is 4.90 Å². The predicted octanol–water partition coefficient (Wildman–Crippen LogP) is 1.89. The second-order valence-corrected chi connectivity index (χ2v) is 8.36. The molecule has 1 aliphatic rings. The number of benzene rings is 1. The van der Waals surface area contributed by atoms with Crippen LogP contribution in [0.15, 0.2) is 29.2 Å². The first-order chi connectivity index (χ1) is 10.1. The molecule has 1 aliphatic heterocycles. The molecule has 0 saturated carbocycles. The molecule has 22 heavy (non-hydrogen) atoms. The van der Waals surface area contributed by atoms with E-state index in [0.29, 0.717) is 19.4 Å². The molecule has 0 aromatic heterocycles. The van der Waals surface area contributed by atoms with Crippen molar-refractivity contribution in [3.8, 4) is 0 Å². The molecule has 7 heteroatoms. The van der Waals surface area contributed by atoms with Crippen LogP contribution >= 0.6 is 0 Å². The first-order valence-electron chi connectivity index (χ1n) is 7.21. The summed E-state index contributed by atoms with van der Waals surface area (Å²) in [6.45, 7) is 5.83. The monoisotopic (exact) mass is 328 g/mol. The number of rotatable bonds is 3. The molecule has 1 aromatic rings. The van der Waals surface area contributed by atoms with Crippen molar-refractivity contribution in [2.75, 3.05) is 6.54 Å². The molecule has 1 fully saturated rings. The number of carbonyl (C=O) groups is 1. The molecule has 0 bridgehead atoms. The molecule has 0 unspecified atom stereocenters. The van der Waals surface area contributed by atoms with Crippen LogP contribution in [0.3, 0.4) is 0 Å². The van der Waals surface area contributed by atoms with Crippen LogP contribution in [0.5, 0.6) is 0 Å². The molecule has 0 radical (unpaired) electrons. The molecule has 1 atom stereocenters.